The molecule has 1 unspecified atom stereocenters. The van der Waals surface area contributed by atoms with Gasteiger partial charge in [0.2, 0.25) is 5.91 Å². The zero-order valence-electron chi connectivity index (χ0n) is 6.72. The number of rotatable bonds is 1. The van der Waals surface area contributed by atoms with Gasteiger partial charge in [-0.1, -0.05) is 0 Å². The molecule has 2 N–H and O–H groups in total. The first-order valence-electron chi connectivity index (χ1n) is 3.84. The highest BCUT2D eigenvalue weighted by molar-refractivity contribution is 5.78. The second-order valence-electron chi connectivity index (χ2n) is 2.59. The van der Waals surface area contributed by atoms with Gasteiger partial charge in [0.15, 0.2) is 0 Å². The number of carbonyl (C=O) groups excluding carboxylic acids is 1. The summed E-state index contributed by atoms with van der Waals surface area (Å²) >= 11 is 0. The van der Waals surface area contributed by atoms with Crippen LogP contribution in [-0.4, -0.2) is 39.3 Å². The Morgan fingerprint density at radius 1 is 1.73 bits per heavy atom. The summed E-state index contributed by atoms with van der Waals surface area (Å²) < 4.78 is 5.21. The van der Waals surface area contributed by atoms with Gasteiger partial charge in [0.1, 0.15) is 0 Å². The second-order valence-corrected chi connectivity index (χ2v) is 2.59. The van der Waals surface area contributed by atoms with E-state index >= 15 is 0 Å². The highest BCUT2D eigenvalue weighted by atomic mass is 16.5. The third-order valence-electron chi connectivity index (χ3n) is 1.75. The molecule has 0 aliphatic carbocycles. The van der Waals surface area contributed by atoms with Crippen LogP contribution in [0.25, 0.3) is 0 Å². The van der Waals surface area contributed by atoms with Gasteiger partial charge in [-0.2, -0.15) is 0 Å². The van der Waals surface area contributed by atoms with Gasteiger partial charge in [-0.05, 0) is 0 Å². The third kappa shape index (κ3) is 2.48. The molecule has 64 valence electrons. The van der Waals surface area contributed by atoms with Crippen LogP contribution in [0.15, 0.2) is 0 Å². The fourth-order valence-electron chi connectivity index (χ4n) is 1.08. The Balaban J connectivity index is 2.36. The van der Waals surface area contributed by atoms with Gasteiger partial charge in [-0.25, -0.2) is 0 Å². The molecular formula is C7H14N2O2. The normalized spacial score (nSPS) is 25.7. The summed E-state index contributed by atoms with van der Waals surface area (Å²) in [5, 5.41) is 5.73. The Kier molecular flexibility index (Phi) is 3.32. The topological polar surface area (TPSA) is 50.4 Å². The maximum absolute atomic E-state index is 11.1. The first kappa shape index (κ1) is 8.49. The van der Waals surface area contributed by atoms with Crippen molar-refractivity contribution in [1.29, 1.82) is 0 Å². The van der Waals surface area contributed by atoms with Gasteiger partial charge < -0.3 is 15.4 Å². The van der Waals surface area contributed by atoms with Crippen LogP contribution in [0.2, 0.25) is 0 Å². The van der Waals surface area contributed by atoms with Crippen LogP contribution >= 0.6 is 0 Å². The number of hydrogen-bond acceptors (Lipinski definition) is 3. The first-order chi connectivity index (χ1) is 5.34. The maximum atomic E-state index is 11.1. The molecule has 0 saturated carbocycles. The minimum atomic E-state index is -0.0255. The summed E-state index contributed by atoms with van der Waals surface area (Å²) in [6.45, 7) is 2.80. The summed E-state index contributed by atoms with van der Waals surface area (Å²) in [7, 11) is 1.65. The molecule has 4 nitrogen and oxygen atoms in total. The quantitative estimate of drug-likeness (QED) is 0.513. The second kappa shape index (κ2) is 4.31. The molecule has 1 atom stereocenters. The minimum absolute atomic E-state index is 0.0255. The molecule has 1 aliphatic heterocycles. The van der Waals surface area contributed by atoms with Crippen molar-refractivity contribution in [3.8, 4) is 0 Å². The van der Waals surface area contributed by atoms with Crippen molar-refractivity contribution in [3.63, 3.8) is 0 Å². The van der Waals surface area contributed by atoms with Crippen LogP contribution in [0.4, 0.5) is 0 Å². The van der Waals surface area contributed by atoms with Crippen molar-refractivity contribution < 1.29 is 9.53 Å². The zero-order valence-corrected chi connectivity index (χ0v) is 6.72. The number of hydrogen-bond donors (Lipinski definition) is 2. The van der Waals surface area contributed by atoms with Gasteiger partial charge in [0, 0.05) is 20.1 Å². The predicted octanol–water partition coefficient (Wildman–Crippen LogP) is -1.03. The lowest BCUT2D eigenvalue weighted by molar-refractivity contribution is -0.125. The van der Waals surface area contributed by atoms with E-state index in [1.165, 1.54) is 0 Å². The van der Waals surface area contributed by atoms with Crippen LogP contribution < -0.4 is 10.6 Å². The lowest BCUT2D eigenvalue weighted by atomic mass is 10.1. The summed E-state index contributed by atoms with van der Waals surface area (Å²) in [5.74, 6) is 0.0295. The molecule has 1 fully saturated rings. The average Bonchev–Trinajstić information content (AvgIpc) is 2.30. The smallest absolute Gasteiger partial charge is 0.226 e. The van der Waals surface area contributed by atoms with Crippen molar-refractivity contribution in [2.24, 2.45) is 5.92 Å². The number of nitrogens with one attached hydrogen (secondary N) is 2. The van der Waals surface area contributed by atoms with Gasteiger partial charge >= 0.3 is 0 Å². The third-order valence-corrected chi connectivity index (χ3v) is 1.75. The molecule has 0 aromatic rings. The van der Waals surface area contributed by atoms with E-state index in [4.69, 9.17) is 4.74 Å². The van der Waals surface area contributed by atoms with Gasteiger partial charge in [-0.3, -0.25) is 4.79 Å². The Bertz CT molecular complexity index is 130. The van der Waals surface area contributed by atoms with E-state index < -0.39 is 0 Å². The summed E-state index contributed by atoms with van der Waals surface area (Å²) in [5.41, 5.74) is 0. The lowest BCUT2D eigenvalue weighted by Gasteiger charge is -2.10. The highest BCUT2D eigenvalue weighted by Crippen LogP contribution is 1.98. The van der Waals surface area contributed by atoms with Crippen molar-refractivity contribution in [3.05, 3.63) is 0 Å². The van der Waals surface area contributed by atoms with E-state index in [2.05, 4.69) is 10.6 Å². The predicted molar refractivity (Wildman–Crippen MR) is 41.2 cm³/mol. The average molecular weight is 158 g/mol. The van der Waals surface area contributed by atoms with Crippen LogP contribution in [0.5, 0.6) is 0 Å². The highest BCUT2D eigenvalue weighted by Gasteiger charge is 2.18. The Morgan fingerprint density at radius 2 is 2.55 bits per heavy atom. The molecule has 1 heterocycles. The van der Waals surface area contributed by atoms with E-state index in [-0.39, 0.29) is 11.8 Å². The Morgan fingerprint density at radius 3 is 3.27 bits per heavy atom. The molecule has 0 aromatic carbocycles. The van der Waals surface area contributed by atoms with Crippen molar-refractivity contribution >= 4 is 5.91 Å². The molecule has 1 aliphatic rings. The van der Waals surface area contributed by atoms with Crippen LogP contribution in [0.3, 0.4) is 0 Å². The van der Waals surface area contributed by atoms with Crippen LogP contribution in [0, 0.1) is 5.92 Å². The van der Waals surface area contributed by atoms with E-state index in [1.807, 2.05) is 0 Å². The largest absolute Gasteiger partial charge is 0.379 e. The number of ether oxygens (including phenoxy) is 1. The van der Waals surface area contributed by atoms with Gasteiger partial charge in [0.25, 0.3) is 0 Å². The van der Waals surface area contributed by atoms with E-state index in [1.54, 1.807) is 7.05 Å². The molecular weight excluding hydrogens is 144 g/mol. The van der Waals surface area contributed by atoms with Crippen molar-refractivity contribution in [1.82, 2.24) is 10.6 Å². The molecule has 0 aromatic heterocycles. The van der Waals surface area contributed by atoms with Crippen molar-refractivity contribution in [2.45, 2.75) is 0 Å². The molecule has 0 bridgehead atoms. The zero-order chi connectivity index (χ0) is 8.10. The molecule has 0 radical (unpaired) electrons. The Hall–Kier alpha value is -0.610. The van der Waals surface area contributed by atoms with Gasteiger partial charge in [0.05, 0.1) is 19.1 Å². The molecule has 1 amide bonds. The van der Waals surface area contributed by atoms with E-state index in [9.17, 15) is 4.79 Å². The summed E-state index contributed by atoms with van der Waals surface area (Å²) in [4.78, 5) is 11.1. The maximum Gasteiger partial charge on any atom is 0.226 e. The lowest BCUT2D eigenvalue weighted by Crippen LogP contribution is -2.35. The van der Waals surface area contributed by atoms with Gasteiger partial charge in [-0.15, -0.1) is 0 Å². The summed E-state index contributed by atoms with van der Waals surface area (Å²) in [6.07, 6.45) is 0. The monoisotopic (exact) mass is 158 g/mol. The fourth-order valence-corrected chi connectivity index (χ4v) is 1.08. The molecule has 0 spiro atoms. The Labute approximate surface area is 66.3 Å². The van der Waals surface area contributed by atoms with E-state index in [0.717, 1.165) is 13.1 Å². The molecule has 11 heavy (non-hydrogen) atoms. The van der Waals surface area contributed by atoms with E-state index in [0.29, 0.717) is 13.2 Å². The number of carbonyl (C=O) groups is 1. The van der Waals surface area contributed by atoms with Crippen LogP contribution in [-0.2, 0) is 9.53 Å². The SMILES string of the molecule is CNC(=O)C1CNCCOC1. The standard InChI is InChI=1S/C7H14N2O2/c1-8-7(10)6-4-9-2-3-11-5-6/h6,9H,2-5H2,1H3,(H,8,10). The van der Waals surface area contributed by atoms with Crippen LogP contribution in [0.1, 0.15) is 0 Å². The first-order valence-corrected chi connectivity index (χ1v) is 3.84. The molecule has 1 saturated heterocycles. The summed E-state index contributed by atoms with van der Waals surface area (Å²) in [6, 6.07) is 0. The van der Waals surface area contributed by atoms with Crippen molar-refractivity contribution in [2.75, 3.05) is 33.4 Å². The fraction of sp³-hybridized carbons (Fsp3) is 0.857. The molecule has 1 rings (SSSR count). The minimum Gasteiger partial charge on any atom is -0.379 e. The number of amides is 1. The molecule has 4 heteroatoms.